The minimum Gasteiger partial charge on any atom is -0.207 e. The molecule has 1 unspecified atom stereocenters. The van der Waals surface area contributed by atoms with E-state index < -0.39 is 0 Å². The molecule has 5 heteroatoms. The molecule has 2 aromatic carbocycles. The second kappa shape index (κ2) is 6.33. The van der Waals surface area contributed by atoms with Gasteiger partial charge in [-0.1, -0.05) is 59.9 Å². The van der Waals surface area contributed by atoms with Crippen LogP contribution >= 0.6 is 22.9 Å². The van der Waals surface area contributed by atoms with Crippen LogP contribution in [0.25, 0.3) is 0 Å². The van der Waals surface area contributed by atoms with Gasteiger partial charge in [-0.05, 0) is 17.2 Å². The van der Waals surface area contributed by atoms with Crippen LogP contribution in [0.15, 0.2) is 54.6 Å². The number of hydrogen-bond acceptors (Lipinski definition) is 3. The molecule has 1 aromatic heterocycles. The van der Waals surface area contributed by atoms with Gasteiger partial charge < -0.3 is 0 Å². The predicted octanol–water partition coefficient (Wildman–Crippen LogP) is 4.60. The average molecular weight is 319 g/mol. The Bertz CT molecular complexity index is 730. The third-order valence-electron chi connectivity index (χ3n) is 3.09. The summed E-state index contributed by atoms with van der Waals surface area (Å²) < 4.78 is 13.6. The van der Waals surface area contributed by atoms with E-state index in [2.05, 4.69) is 10.2 Å². The van der Waals surface area contributed by atoms with Crippen LogP contribution in [0.4, 0.5) is 4.39 Å². The van der Waals surface area contributed by atoms with Gasteiger partial charge in [0.05, 0.1) is 0 Å². The molecule has 0 fully saturated rings. The largest absolute Gasteiger partial charge is 0.207 e. The van der Waals surface area contributed by atoms with Gasteiger partial charge in [0.25, 0.3) is 0 Å². The Kier molecular flexibility index (Phi) is 4.27. The molecule has 0 radical (unpaired) electrons. The van der Waals surface area contributed by atoms with Crippen LogP contribution in [-0.4, -0.2) is 10.2 Å². The third kappa shape index (κ3) is 3.28. The Labute approximate surface area is 131 Å². The Hall–Kier alpha value is -1.78. The molecule has 1 heterocycles. The fourth-order valence-corrected chi connectivity index (χ4v) is 3.20. The van der Waals surface area contributed by atoms with Crippen molar-refractivity contribution in [3.63, 3.8) is 0 Å². The monoisotopic (exact) mass is 318 g/mol. The van der Waals surface area contributed by atoms with Crippen molar-refractivity contribution < 1.29 is 4.39 Å². The van der Waals surface area contributed by atoms with Crippen molar-refractivity contribution in [3.05, 3.63) is 81.6 Å². The normalized spacial score (nSPS) is 12.3. The van der Waals surface area contributed by atoms with E-state index in [0.29, 0.717) is 12.0 Å². The summed E-state index contributed by atoms with van der Waals surface area (Å²) in [4.78, 5) is 0. The number of halogens is 2. The molecule has 3 aromatic rings. The summed E-state index contributed by atoms with van der Waals surface area (Å²) in [5.41, 5.74) is 1.60. The number of benzene rings is 2. The Morgan fingerprint density at radius 3 is 2.48 bits per heavy atom. The van der Waals surface area contributed by atoms with Crippen molar-refractivity contribution in [3.8, 4) is 0 Å². The van der Waals surface area contributed by atoms with Crippen molar-refractivity contribution in [2.75, 3.05) is 0 Å². The number of aromatic nitrogens is 2. The smallest absolute Gasteiger partial charge is 0.139 e. The van der Waals surface area contributed by atoms with Gasteiger partial charge in [-0.3, -0.25) is 0 Å². The minimum absolute atomic E-state index is 0.222. The number of alkyl halides is 1. The summed E-state index contributed by atoms with van der Waals surface area (Å²) in [6, 6.07) is 16.4. The van der Waals surface area contributed by atoms with Crippen molar-refractivity contribution in [2.45, 2.75) is 11.8 Å². The molecule has 0 saturated heterocycles. The topological polar surface area (TPSA) is 25.8 Å². The van der Waals surface area contributed by atoms with Crippen molar-refractivity contribution >= 4 is 22.9 Å². The molecular weight excluding hydrogens is 307 g/mol. The molecule has 106 valence electrons. The first-order chi connectivity index (χ1) is 10.2. The predicted molar refractivity (Wildman–Crippen MR) is 83.3 cm³/mol. The van der Waals surface area contributed by atoms with E-state index in [-0.39, 0.29) is 11.2 Å². The molecule has 0 spiro atoms. The standard InChI is InChI=1S/C16H12ClFN2S/c17-15(11-6-2-1-3-7-11)16-20-19-14(21-16)10-12-8-4-5-9-13(12)18/h1-9,15H,10H2. The Balaban J connectivity index is 1.79. The van der Waals surface area contributed by atoms with Crippen LogP contribution in [0, 0.1) is 5.82 Å². The molecule has 2 nitrogen and oxygen atoms in total. The second-order valence-corrected chi connectivity index (χ2v) is 6.11. The second-order valence-electron chi connectivity index (χ2n) is 4.58. The maximum Gasteiger partial charge on any atom is 0.139 e. The highest BCUT2D eigenvalue weighted by molar-refractivity contribution is 7.11. The van der Waals surface area contributed by atoms with Crippen LogP contribution in [0.3, 0.4) is 0 Å². The highest BCUT2D eigenvalue weighted by Crippen LogP contribution is 2.31. The number of hydrogen-bond donors (Lipinski definition) is 0. The lowest BCUT2D eigenvalue weighted by atomic mass is 10.1. The molecule has 3 rings (SSSR count). The highest BCUT2D eigenvalue weighted by Gasteiger charge is 2.16. The maximum absolute atomic E-state index is 13.6. The van der Waals surface area contributed by atoms with Gasteiger partial charge in [-0.25, -0.2) is 4.39 Å². The van der Waals surface area contributed by atoms with E-state index >= 15 is 0 Å². The third-order valence-corrected chi connectivity index (χ3v) is 4.67. The lowest BCUT2D eigenvalue weighted by molar-refractivity contribution is 0.613. The Morgan fingerprint density at radius 1 is 1.00 bits per heavy atom. The SMILES string of the molecule is Fc1ccccc1Cc1nnc(C(Cl)c2ccccc2)s1. The van der Waals surface area contributed by atoms with Gasteiger partial charge >= 0.3 is 0 Å². The van der Waals surface area contributed by atoms with Gasteiger partial charge in [-0.15, -0.1) is 21.8 Å². The number of nitrogens with zero attached hydrogens (tertiary/aromatic N) is 2. The fraction of sp³-hybridized carbons (Fsp3) is 0.125. The van der Waals surface area contributed by atoms with Crippen LogP contribution in [0.2, 0.25) is 0 Å². The van der Waals surface area contributed by atoms with E-state index in [0.717, 1.165) is 15.6 Å². The lowest BCUT2D eigenvalue weighted by Crippen LogP contribution is -1.91. The van der Waals surface area contributed by atoms with Crippen molar-refractivity contribution in [1.82, 2.24) is 10.2 Å². The molecular formula is C16H12ClFN2S. The summed E-state index contributed by atoms with van der Waals surface area (Å²) in [6.45, 7) is 0. The van der Waals surface area contributed by atoms with Gasteiger partial charge in [0.2, 0.25) is 0 Å². The van der Waals surface area contributed by atoms with E-state index in [1.807, 2.05) is 36.4 Å². The van der Waals surface area contributed by atoms with Gasteiger partial charge in [0, 0.05) is 6.42 Å². The van der Waals surface area contributed by atoms with E-state index in [1.54, 1.807) is 12.1 Å². The Morgan fingerprint density at radius 2 is 1.71 bits per heavy atom. The number of rotatable bonds is 4. The zero-order valence-electron chi connectivity index (χ0n) is 11.0. The minimum atomic E-state index is -0.321. The maximum atomic E-state index is 13.6. The molecule has 0 aliphatic rings. The van der Waals surface area contributed by atoms with E-state index in [1.165, 1.54) is 17.4 Å². The molecule has 21 heavy (non-hydrogen) atoms. The van der Waals surface area contributed by atoms with Crippen molar-refractivity contribution in [1.29, 1.82) is 0 Å². The summed E-state index contributed by atoms with van der Waals surface area (Å²) in [7, 11) is 0. The highest BCUT2D eigenvalue weighted by atomic mass is 35.5. The molecule has 1 atom stereocenters. The van der Waals surface area contributed by atoms with Gasteiger partial charge in [0.1, 0.15) is 21.2 Å². The summed E-state index contributed by atoms with van der Waals surface area (Å²) in [6.07, 6.45) is 0.433. The first-order valence-corrected chi connectivity index (χ1v) is 7.74. The zero-order valence-corrected chi connectivity index (χ0v) is 12.6. The summed E-state index contributed by atoms with van der Waals surface area (Å²) in [5.74, 6) is -0.222. The van der Waals surface area contributed by atoms with E-state index in [4.69, 9.17) is 11.6 Å². The molecule has 0 N–H and O–H groups in total. The van der Waals surface area contributed by atoms with E-state index in [9.17, 15) is 4.39 Å². The average Bonchev–Trinajstić information content (AvgIpc) is 2.98. The molecule has 0 bridgehead atoms. The quantitative estimate of drug-likeness (QED) is 0.657. The fourth-order valence-electron chi connectivity index (χ4n) is 2.01. The first kappa shape index (κ1) is 14.2. The van der Waals surface area contributed by atoms with Crippen LogP contribution < -0.4 is 0 Å². The zero-order chi connectivity index (χ0) is 14.7. The lowest BCUT2D eigenvalue weighted by Gasteiger charge is -2.04. The molecule has 0 amide bonds. The van der Waals surface area contributed by atoms with Gasteiger partial charge in [0.15, 0.2) is 0 Å². The van der Waals surface area contributed by atoms with Crippen LogP contribution in [0.1, 0.15) is 26.5 Å². The van der Waals surface area contributed by atoms with Crippen molar-refractivity contribution in [2.24, 2.45) is 0 Å². The molecule has 0 saturated carbocycles. The molecule has 0 aliphatic carbocycles. The van der Waals surface area contributed by atoms with Gasteiger partial charge in [-0.2, -0.15) is 0 Å². The summed E-state index contributed by atoms with van der Waals surface area (Å²) >= 11 is 7.83. The summed E-state index contributed by atoms with van der Waals surface area (Å²) in [5, 5.41) is 9.42. The first-order valence-electron chi connectivity index (χ1n) is 6.49. The van der Waals surface area contributed by atoms with Crippen LogP contribution in [-0.2, 0) is 6.42 Å². The molecule has 0 aliphatic heterocycles. The van der Waals surface area contributed by atoms with Crippen LogP contribution in [0.5, 0.6) is 0 Å².